The summed E-state index contributed by atoms with van der Waals surface area (Å²) >= 11 is 0. The van der Waals surface area contributed by atoms with Gasteiger partial charge in [0.25, 0.3) is 0 Å². The maximum absolute atomic E-state index is 12.4. The van der Waals surface area contributed by atoms with Crippen molar-refractivity contribution >= 4 is 33.5 Å². The number of hydrogen-bond acceptors (Lipinski definition) is 6. The van der Waals surface area contributed by atoms with Gasteiger partial charge in [-0.2, -0.15) is 5.10 Å². The smallest absolute Gasteiger partial charge is 0.224 e. The minimum atomic E-state index is -0.0998. The molecule has 0 spiro atoms. The Hall–Kier alpha value is -4.79. The van der Waals surface area contributed by atoms with Crippen LogP contribution < -0.4 is 5.32 Å². The van der Waals surface area contributed by atoms with E-state index in [1.54, 1.807) is 31.1 Å². The number of aromatic nitrogens is 6. The zero-order chi connectivity index (χ0) is 25.6. The van der Waals surface area contributed by atoms with Gasteiger partial charge in [0.2, 0.25) is 5.91 Å². The van der Waals surface area contributed by atoms with Gasteiger partial charge in [-0.25, -0.2) is 4.98 Å². The molecule has 0 fully saturated rings. The number of carbonyl (C=O) groups excluding carboxylic acids is 1. The average Bonchev–Trinajstić information content (AvgIpc) is 3.61. The number of aromatic amines is 2. The molecule has 0 aliphatic rings. The van der Waals surface area contributed by atoms with E-state index in [-0.39, 0.29) is 11.3 Å². The summed E-state index contributed by atoms with van der Waals surface area (Å²) in [6, 6.07) is 9.70. The lowest BCUT2D eigenvalue weighted by atomic mass is 9.92. The van der Waals surface area contributed by atoms with E-state index in [0.29, 0.717) is 17.8 Å². The molecule has 6 aromatic rings. The van der Waals surface area contributed by atoms with Gasteiger partial charge in [-0.05, 0) is 35.7 Å². The molecule has 3 N–H and O–H groups in total. The molecular formula is C28H25N7O2. The third kappa shape index (κ3) is 4.47. The van der Waals surface area contributed by atoms with E-state index in [1.807, 2.05) is 51.2 Å². The molecule has 0 atom stereocenters. The van der Waals surface area contributed by atoms with Crippen LogP contribution in [0, 0.1) is 5.41 Å². The lowest BCUT2D eigenvalue weighted by molar-refractivity contribution is -0.117. The minimum absolute atomic E-state index is 0.0462. The molecule has 6 aromatic heterocycles. The predicted octanol–water partition coefficient (Wildman–Crippen LogP) is 6.20. The van der Waals surface area contributed by atoms with Gasteiger partial charge < -0.3 is 14.7 Å². The average molecular weight is 492 g/mol. The number of anilines is 1. The first-order valence-corrected chi connectivity index (χ1v) is 11.9. The van der Waals surface area contributed by atoms with Crippen molar-refractivity contribution in [3.63, 3.8) is 0 Å². The fourth-order valence-electron chi connectivity index (χ4n) is 4.41. The van der Waals surface area contributed by atoms with Crippen LogP contribution in [0.3, 0.4) is 0 Å². The Balaban J connectivity index is 1.36. The van der Waals surface area contributed by atoms with Crippen molar-refractivity contribution < 1.29 is 9.21 Å². The molecule has 0 unspecified atom stereocenters. The van der Waals surface area contributed by atoms with Crippen LogP contribution in [0.25, 0.3) is 55.7 Å². The van der Waals surface area contributed by atoms with E-state index in [4.69, 9.17) is 9.40 Å². The molecule has 6 heterocycles. The van der Waals surface area contributed by atoms with Gasteiger partial charge in [0.05, 0.1) is 53.0 Å². The van der Waals surface area contributed by atoms with Crippen LogP contribution in [0.15, 0.2) is 72.1 Å². The van der Waals surface area contributed by atoms with Crippen molar-refractivity contribution in [3.8, 4) is 33.8 Å². The molecule has 0 saturated heterocycles. The third-order valence-electron chi connectivity index (χ3n) is 6.05. The summed E-state index contributed by atoms with van der Waals surface area (Å²) in [6.45, 7) is 6.10. The molecule has 1 amide bonds. The van der Waals surface area contributed by atoms with Crippen molar-refractivity contribution in [2.75, 3.05) is 5.32 Å². The van der Waals surface area contributed by atoms with E-state index < -0.39 is 0 Å². The van der Waals surface area contributed by atoms with E-state index in [0.717, 1.165) is 50.0 Å². The molecular weight excluding hydrogens is 466 g/mol. The molecule has 9 nitrogen and oxygen atoms in total. The van der Waals surface area contributed by atoms with E-state index in [1.165, 1.54) is 0 Å². The SMILES string of the molecule is CC(C)(C)CC(=O)Nc1cncc(-c2ccc3[nH]nc(-c4cc5c(-c6ccoc6)cncc5[nH]4)c3n2)c1. The summed E-state index contributed by atoms with van der Waals surface area (Å²) in [7, 11) is 0. The number of rotatable bonds is 5. The largest absolute Gasteiger partial charge is 0.472 e. The number of pyridine rings is 3. The molecule has 6 rings (SSSR count). The fraction of sp³-hybridized carbons (Fsp3) is 0.179. The molecule has 0 aromatic carbocycles. The molecule has 184 valence electrons. The van der Waals surface area contributed by atoms with Gasteiger partial charge in [-0.1, -0.05) is 20.8 Å². The molecule has 0 bridgehead atoms. The normalized spacial score (nSPS) is 11.9. The van der Waals surface area contributed by atoms with Gasteiger partial charge in [0.15, 0.2) is 0 Å². The molecule has 9 heteroatoms. The molecule has 37 heavy (non-hydrogen) atoms. The number of H-pyrrole nitrogens is 2. The van der Waals surface area contributed by atoms with Crippen LogP contribution in [-0.4, -0.2) is 36.0 Å². The number of amides is 1. The summed E-state index contributed by atoms with van der Waals surface area (Å²) < 4.78 is 5.27. The Morgan fingerprint density at radius 2 is 1.86 bits per heavy atom. The number of carbonyl (C=O) groups is 1. The fourth-order valence-corrected chi connectivity index (χ4v) is 4.41. The highest BCUT2D eigenvalue weighted by Crippen LogP contribution is 2.34. The quantitative estimate of drug-likeness (QED) is 0.264. The maximum atomic E-state index is 12.4. The van der Waals surface area contributed by atoms with Gasteiger partial charge in [0.1, 0.15) is 11.2 Å². The molecule has 0 radical (unpaired) electrons. The predicted molar refractivity (Wildman–Crippen MR) is 143 cm³/mol. The minimum Gasteiger partial charge on any atom is -0.472 e. The molecule has 0 aliphatic carbocycles. The van der Waals surface area contributed by atoms with Crippen molar-refractivity contribution in [1.82, 2.24) is 30.1 Å². The van der Waals surface area contributed by atoms with Crippen molar-refractivity contribution in [2.45, 2.75) is 27.2 Å². The Labute approximate surface area is 212 Å². The number of nitrogens with zero attached hydrogens (tertiary/aromatic N) is 4. The second-order valence-corrected chi connectivity index (χ2v) is 10.3. The highest BCUT2D eigenvalue weighted by molar-refractivity contribution is 6.00. The summed E-state index contributed by atoms with van der Waals surface area (Å²) in [5.41, 5.74) is 7.95. The van der Waals surface area contributed by atoms with Gasteiger partial charge in [-0.15, -0.1) is 0 Å². The molecule has 0 aliphatic heterocycles. The van der Waals surface area contributed by atoms with Gasteiger partial charge in [0, 0.05) is 40.9 Å². The van der Waals surface area contributed by atoms with Crippen LogP contribution in [0.1, 0.15) is 27.2 Å². The van der Waals surface area contributed by atoms with Crippen LogP contribution in [0.2, 0.25) is 0 Å². The number of nitrogens with one attached hydrogen (secondary N) is 3. The van der Waals surface area contributed by atoms with Crippen LogP contribution in [0.4, 0.5) is 5.69 Å². The van der Waals surface area contributed by atoms with Gasteiger partial charge >= 0.3 is 0 Å². The second-order valence-electron chi connectivity index (χ2n) is 10.3. The standard InChI is InChI=1S/C28H25N7O2/c1-28(2,3)10-25(36)31-18-8-17(11-29-12-18)21-4-5-22-26(33-21)27(35-34-22)23-9-19-20(16-6-7-37-15-16)13-30-14-24(19)32-23/h4-9,11-15,32H,10H2,1-3H3,(H,31,36)(H,34,35). The molecule has 0 saturated carbocycles. The monoisotopic (exact) mass is 491 g/mol. The Bertz CT molecular complexity index is 1740. The van der Waals surface area contributed by atoms with Crippen molar-refractivity contribution in [2.24, 2.45) is 5.41 Å². The zero-order valence-electron chi connectivity index (χ0n) is 20.7. The van der Waals surface area contributed by atoms with Crippen molar-refractivity contribution in [3.05, 3.63) is 67.6 Å². The summed E-state index contributed by atoms with van der Waals surface area (Å²) in [4.78, 5) is 29.4. The Kier molecular flexibility index (Phi) is 5.33. The number of hydrogen-bond donors (Lipinski definition) is 3. The number of furan rings is 1. The van der Waals surface area contributed by atoms with E-state index in [2.05, 4.69) is 36.5 Å². The van der Waals surface area contributed by atoms with E-state index >= 15 is 0 Å². The Morgan fingerprint density at radius 1 is 1.00 bits per heavy atom. The van der Waals surface area contributed by atoms with E-state index in [9.17, 15) is 4.79 Å². The van der Waals surface area contributed by atoms with Crippen LogP contribution in [0.5, 0.6) is 0 Å². The van der Waals surface area contributed by atoms with Gasteiger partial charge in [-0.3, -0.25) is 19.9 Å². The second kappa shape index (κ2) is 8.70. The highest BCUT2D eigenvalue weighted by Gasteiger charge is 2.18. The zero-order valence-corrected chi connectivity index (χ0v) is 20.7. The summed E-state index contributed by atoms with van der Waals surface area (Å²) in [5.74, 6) is -0.0462. The first kappa shape index (κ1) is 22.7. The lowest BCUT2D eigenvalue weighted by Gasteiger charge is -2.17. The summed E-state index contributed by atoms with van der Waals surface area (Å²) in [6.07, 6.45) is 10.8. The Morgan fingerprint density at radius 3 is 2.68 bits per heavy atom. The first-order chi connectivity index (χ1) is 17.8. The number of fused-ring (bicyclic) bond motifs is 2. The summed E-state index contributed by atoms with van der Waals surface area (Å²) in [5, 5.41) is 11.6. The van der Waals surface area contributed by atoms with Crippen LogP contribution >= 0.6 is 0 Å². The first-order valence-electron chi connectivity index (χ1n) is 11.9. The third-order valence-corrected chi connectivity index (χ3v) is 6.05. The maximum Gasteiger partial charge on any atom is 0.224 e. The highest BCUT2D eigenvalue weighted by atomic mass is 16.3. The lowest BCUT2D eigenvalue weighted by Crippen LogP contribution is -2.19. The topological polar surface area (TPSA) is 125 Å². The van der Waals surface area contributed by atoms with Crippen LogP contribution in [-0.2, 0) is 4.79 Å². The van der Waals surface area contributed by atoms with Crippen molar-refractivity contribution in [1.29, 1.82) is 0 Å².